The van der Waals surface area contributed by atoms with Crippen molar-refractivity contribution in [3.05, 3.63) is 48.5 Å². The van der Waals surface area contributed by atoms with Crippen molar-refractivity contribution in [1.82, 2.24) is 9.97 Å². The smallest absolute Gasteiger partial charge is 0.137 e. The topological polar surface area (TPSA) is 47.4 Å². The molecule has 0 unspecified atom stereocenters. The molecule has 104 valence electrons. The Labute approximate surface area is 123 Å². The minimum absolute atomic E-state index is 0.642. The van der Waals surface area contributed by atoms with Crippen LogP contribution in [0.2, 0.25) is 0 Å². The summed E-state index contributed by atoms with van der Waals surface area (Å²) in [6.45, 7) is 4.70. The van der Waals surface area contributed by atoms with E-state index in [0.717, 1.165) is 27.9 Å². The van der Waals surface area contributed by atoms with Crippen molar-refractivity contribution in [3.8, 4) is 5.75 Å². The first kappa shape index (κ1) is 14.5. The third kappa shape index (κ3) is 4.06. The Hall–Kier alpha value is -1.88. The van der Waals surface area contributed by atoms with E-state index in [4.69, 9.17) is 4.74 Å². The van der Waals surface area contributed by atoms with Crippen molar-refractivity contribution in [2.45, 2.75) is 13.8 Å². The van der Waals surface area contributed by atoms with Gasteiger partial charge in [0.15, 0.2) is 0 Å². The van der Waals surface area contributed by atoms with Crippen LogP contribution in [0.3, 0.4) is 0 Å². The summed E-state index contributed by atoms with van der Waals surface area (Å²) in [7, 11) is 0. The Morgan fingerprint density at radius 2 is 2.00 bits per heavy atom. The molecule has 20 heavy (non-hydrogen) atoms. The maximum absolute atomic E-state index is 5.40. The van der Waals surface area contributed by atoms with Crippen LogP contribution in [-0.2, 0) is 0 Å². The van der Waals surface area contributed by atoms with E-state index in [1.165, 1.54) is 0 Å². The number of ether oxygens (including phenoxy) is 1. The lowest BCUT2D eigenvalue weighted by Gasteiger charge is -2.06. The van der Waals surface area contributed by atoms with Crippen LogP contribution in [0.4, 0.5) is 5.69 Å². The SMILES string of the molecule is CCOc1ccc(/C(=N/c2ccncc2)SCC)nc1. The van der Waals surface area contributed by atoms with E-state index in [2.05, 4.69) is 21.9 Å². The van der Waals surface area contributed by atoms with Crippen LogP contribution >= 0.6 is 11.8 Å². The van der Waals surface area contributed by atoms with E-state index in [1.807, 2.05) is 31.2 Å². The predicted octanol–water partition coefficient (Wildman–Crippen LogP) is 3.71. The molecule has 0 spiro atoms. The Bertz CT molecular complexity index is 555. The Morgan fingerprint density at radius 3 is 2.60 bits per heavy atom. The second-order valence-electron chi connectivity index (χ2n) is 3.87. The van der Waals surface area contributed by atoms with Crippen LogP contribution in [0.5, 0.6) is 5.75 Å². The highest BCUT2D eigenvalue weighted by Gasteiger charge is 2.06. The molecule has 0 aliphatic rings. The Balaban J connectivity index is 2.26. The van der Waals surface area contributed by atoms with E-state index >= 15 is 0 Å². The Morgan fingerprint density at radius 1 is 1.20 bits per heavy atom. The molecule has 2 aromatic heterocycles. The van der Waals surface area contributed by atoms with Crippen molar-refractivity contribution >= 4 is 22.5 Å². The number of thioether (sulfide) groups is 1. The molecule has 0 aromatic carbocycles. The van der Waals surface area contributed by atoms with Crippen molar-refractivity contribution in [2.75, 3.05) is 12.4 Å². The van der Waals surface area contributed by atoms with Gasteiger partial charge in [-0.2, -0.15) is 0 Å². The van der Waals surface area contributed by atoms with Gasteiger partial charge in [-0.3, -0.25) is 9.97 Å². The van der Waals surface area contributed by atoms with Crippen molar-refractivity contribution in [3.63, 3.8) is 0 Å². The summed E-state index contributed by atoms with van der Waals surface area (Å²) < 4.78 is 5.40. The number of hydrogen-bond acceptors (Lipinski definition) is 5. The van der Waals surface area contributed by atoms with Gasteiger partial charge in [-0.15, -0.1) is 11.8 Å². The second kappa shape index (κ2) is 7.65. The van der Waals surface area contributed by atoms with Crippen LogP contribution < -0.4 is 4.74 Å². The number of hydrogen-bond donors (Lipinski definition) is 0. The minimum Gasteiger partial charge on any atom is -0.492 e. The quantitative estimate of drug-likeness (QED) is 0.621. The third-order valence-corrected chi connectivity index (χ3v) is 3.30. The zero-order valence-electron chi connectivity index (χ0n) is 11.6. The van der Waals surface area contributed by atoms with Gasteiger partial charge in [0.25, 0.3) is 0 Å². The summed E-state index contributed by atoms with van der Waals surface area (Å²) >= 11 is 1.67. The van der Waals surface area contributed by atoms with Crippen LogP contribution in [0.25, 0.3) is 0 Å². The maximum Gasteiger partial charge on any atom is 0.137 e. The first-order chi connectivity index (χ1) is 9.83. The number of rotatable bonds is 5. The monoisotopic (exact) mass is 287 g/mol. The fourth-order valence-electron chi connectivity index (χ4n) is 1.59. The molecule has 0 N–H and O–H groups in total. The summed E-state index contributed by atoms with van der Waals surface area (Å²) in [5.74, 6) is 1.72. The molecule has 0 aliphatic heterocycles. The molecular weight excluding hydrogens is 270 g/mol. The highest BCUT2D eigenvalue weighted by Crippen LogP contribution is 2.19. The normalized spacial score (nSPS) is 11.4. The molecule has 0 saturated carbocycles. The van der Waals surface area contributed by atoms with E-state index in [9.17, 15) is 0 Å². The van der Waals surface area contributed by atoms with Gasteiger partial charge in [0.2, 0.25) is 0 Å². The highest BCUT2D eigenvalue weighted by molar-refractivity contribution is 8.14. The van der Waals surface area contributed by atoms with E-state index in [0.29, 0.717) is 6.61 Å². The summed E-state index contributed by atoms with van der Waals surface area (Å²) in [6.07, 6.45) is 5.20. The summed E-state index contributed by atoms with van der Waals surface area (Å²) in [4.78, 5) is 13.0. The van der Waals surface area contributed by atoms with Crippen LogP contribution in [-0.4, -0.2) is 27.4 Å². The summed E-state index contributed by atoms with van der Waals surface area (Å²) in [5.41, 5.74) is 1.74. The molecule has 0 saturated heterocycles. The summed E-state index contributed by atoms with van der Waals surface area (Å²) in [6, 6.07) is 7.62. The van der Waals surface area contributed by atoms with Gasteiger partial charge in [-0.05, 0) is 36.9 Å². The molecule has 2 rings (SSSR count). The third-order valence-electron chi connectivity index (χ3n) is 2.44. The average Bonchev–Trinajstić information content (AvgIpc) is 2.49. The molecule has 0 fully saturated rings. The fraction of sp³-hybridized carbons (Fsp3) is 0.267. The maximum atomic E-state index is 5.40. The van der Waals surface area contributed by atoms with Gasteiger partial charge in [0, 0.05) is 12.4 Å². The molecule has 0 aliphatic carbocycles. The number of nitrogens with zero attached hydrogens (tertiary/aromatic N) is 3. The van der Waals surface area contributed by atoms with Crippen molar-refractivity contribution < 1.29 is 4.74 Å². The molecule has 4 nitrogen and oxygen atoms in total. The number of aliphatic imine (C=N–C) groups is 1. The van der Waals surface area contributed by atoms with E-state index in [1.54, 1.807) is 30.4 Å². The van der Waals surface area contributed by atoms with E-state index < -0.39 is 0 Å². The molecule has 2 aromatic rings. The van der Waals surface area contributed by atoms with Crippen LogP contribution in [0, 0.1) is 0 Å². The van der Waals surface area contributed by atoms with Crippen LogP contribution in [0.15, 0.2) is 47.8 Å². The Kier molecular flexibility index (Phi) is 5.55. The van der Waals surface area contributed by atoms with Gasteiger partial charge in [-0.25, -0.2) is 4.99 Å². The number of aromatic nitrogens is 2. The van der Waals surface area contributed by atoms with Gasteiger partial charge in [0.1, 0.15) is 10.8 Å². The molecule has 0 radical (unpaired) electrons. The lowest BCUT2D eigenvalue weighted by Crippen LogP contribution is -2.00. The molecule has 0 amide bonds. The lowest BCUT2D eigenvalue weighted by atomic mass is 10.3. The van der Waals surface area contributed by atoms with Crippen molar-refractivity contribution in [1.29, 1.82) is 0 Å². The fourth-order valence-corrected chi connectivity index (χ4v) is 2.31. The molecule has 2 heterocycles. The van der Waals surface area contributed by atoms with Gasteiger partial charge in [-0.1, -0.05) is 6.92 Å². The van der Waals surface area contributed by atoms with Gasteiger partial charge in [0.05, 0.1) is 24.2 Å². The predicted molar refractivity (Wildman–Crippen MR) is 84.0 cm³/mol. The average molecular weight is 287 g/mol. The zero-order valence-corrected chi connectivity index (χ0v) is 12.4. The van der Waals surface area contributed by atoms with Crippen molar-refractivity contribution in [2.24, 2.45) is 4.99 Å². The zero-order chi connectivity index (χ0) is 14.2. The van der Waals surface area contributed by atoms with Gasteiger partial charge < -0.3 is 4.74 Å². The van der Waals surface area contributed by atoms with Crippen LogP contribution in [0.1, 0.15) is 19.5 Å². The summed E-state index contributed by atoms with van der Waals surface area (Å²) in [5, 5.41) is 0.904. The largest absolute Gasteiger partial charge is 0.492 e. The first-order valence-corrected chi connectivity index (χ1v) is 7.52. The minimum atomic E-state index is 0.642. The molecular formula is C15H17N3OS. The standard InChI is InChI=1S/C15H17N3OS/c1-3-19-13-5-6-14(17-11-13)15(20-4-2)18-12-7-9-16-10-8-12/h5-11H,3-4H2,1-2H3/b18-15-. The molecule has 5 heteroatoms. The molecule has 0 bridgehead atoms. The highest BCUT2D eigenvalue weighted by atomic mass is 32.2. The van der Waals surface area contributed by atoms with E-state index in [-0.39, 0.29) is 0 Å². The van der Waals surface area contributed by atoms with Gasteiger partial charge >= 0.3 is 0 Å². The molecule has 0 atom stereocenters. The number of pyridine rings is 2. The lowest BCUT2D eigenvalue weighted by molar-refractivity contribution is 0.339. The second-order valence-corrected chi connectivity index (χ2v) is 5.12. The first-order valence-electron chi connectivity index (χ1n) is 6.54.